The molecule has 0 atom stereocenters. The molecule has 1 aromatic carbocycles. The van der Waals surface area contributed by atoms with Gasteiger partial charge in [-0.05, 0) is 18.9 Å². The second-order valence-electron chi connectivity index (χ2n) is 7.38. The Morgan fingerprint density at radius 2 is 1.50 bits per heavy atom. The fourth-order valence-electron chi connectivity index (χ4n) is 3.42. The van der Waals surface area contributed by atoms with E-state index in [9.17, 15) is 9.59 Å². The van der Waals surface area contributed by atoms with Crippen LogP contribution in [-0.2, 0) is 9.59 Å². The number of aryl methyl sites for hydroxylation is 1. The van der Waals surface area contributed by atoms with Crippen molar-refractivity contribution in [3.63, 3.8) is 0 Å². The molecule has 0 saturated heterocycles. The molecule has 1 aliphatic rings. The highest BCUT2D eigenvalue weighted by atomic mass is 32.2. The van der Waals surface area contributed by atoms with E-state index in [1.807, 2.05) is 31.2 Å². The summed E-state index contributed by atoms with van der Waals surface area (Å²) in [6.45, 7) is 4.67. The second kappa shape index (κ2) is 12.1. The molecule has 1 aliphatic heterocycles. The molecule has 2 amide bonds. The molecular formula is C23H33NO3S. The van der Waals surface area contributed by atoms with E-state index in [0.29, 0.717) is 22.8 Å². The molecule has 28 heavy (non-hydrogen) atoms. The van der Waals surface area contributed by atoms with Crippen LogP contribution in [0.3, 0.4) is 0 Å². The zero-order valence-corrected chi connectivity index (χ0v) is 18.0. The van der Waals surface area contributed by atoms with E-state index < -0.39 is 0 Å². The summed E-state index contributed by atoms with van der Waals surface area (Å²) in [6.07, 6.45) is 9.42. The van der Waals surface area contributed by atoms with E-state index in [-0.39, 0.29) is 18.4 Å². The number of nitrogens with zero attached hydrogens (tertiary/aromatic N) is 1. The van der Waals surface area contributed by atoms with Gasteiger partial charge in [-0.25, -0.2) is 0 Å². The number of benzene rings is 1. The second-order valence-corrected chi connectivity index (χ2v) is 8.48. The first-order valence-corrected chi connectivity index (χ1v) is 11.5. The van der Waals surface area contributed by atoms with Crippen molar-refractivity contribution in [2.45, 2.75) is 65.2 Å². The number of amides is 2. The molecule has 1 heterocycles. The third kappa shape index (κ3) is 6.21. The van der Waals surface area contributed by atoms with Crippen LogP contribution in [0.2, 0.25) is 0 Å². The average Bonchev–Trinajstić information content (AvgIpc) is 2.93. The van der Waals surface area contributed by atoms with Gasteiger partial charge in [-0.2, -0.15) is 0 Å². The first-order valence-electron chi connectivity index (χ1n) is 10.5. The molecule has 0 aliphatic carbocycles. The van der Waals surface area contributed by atoms with Crippen molar-refractivity contribution in [2.75, 3.05) is 18.9 Å². The van der Waals surface area contributed by atoms with Gasteiger partial charge in [-0.1, -0.05) is 81.7 Å². The fraction of sp³-hybridized carbons (Fsp3) is 0.565. The van der Waals surface area contributed by atoms with Crippen LogP contribution in [-0.4, -0.2) is 40.7 Å². The normalized spacial score (nSPS) is 14.5. The Balaban J connectivity index is 1.96. The predicted molar refractivity (Wildman–Crippen MR) is 117 cm³/mol. The van der Waals surface area contributed by atoms with Gasteiger partial charge in [0.1, 0.15) is 0 Å². The highest BCUT2D eigenvalue weighted by molar-refractivity contribution is 8.04. The van der Waals surface area contributed by atoms with Gasteiger partial charge in [0.2, 0.25) is 0 Å². The van der Waals surface area contributed by atoms with E-state index >= 15 is 0 Å². The molecule has 0 radical (unpaired) electrons. The van der Waals surface area contributed by atoms with Crippen LogP contribution >= 0.6 is 11.8 Å². The number of carbonyl (C=O) groups is 2. The van der Waals surface area contributed by atoms with Gasteiger partial charge >= 0.3 is 0 Å². The van der Waals surface area contributed by atoms with Crippen LogP contribution in [0.15, 0.2) is 29.2 Å². The molecule has 5 heteroatoms. The average molecular weight is 404 g/mol. The van der Waals surface area contributed by atoms with Crippen LogP contribution in [0.25, 0.3) is 5.57 Å². The third-order valence-corrected chi connectivity index (χ3v) is 6.09. The largest absolute Gasteiger partial charge is 0.396 e. The lowest BCUT2D eigenvalue weighted by molar-refractivity contribution is -0.136. The number of rotatable bonds is 13. The first kappa shape index (κ1) is 22.7. The summed E-state index contributed by atoms with van der Waals surface area (Å²) in [7, 11) is 0. The van der Waals surface area contributed by atoms with Crippen molar-refractivity contribution in [3.05, 3.63) is 40.3 Å². The monoisotopic (exact) mass is 403 g/mol. The number of hydrogen-bond donors (Lipinski definition) is 1. The molecular weight excluding hydrogens is 370 g/mol. The number of unbranched alkanes of at least 4 members (excludes halogenated alkanes) is 7. The summed E-state index contributed by atoms with van der Waals surface area (Å²) < 4.78 is 0. The lowest BCUT2D eigenvalue weighted by Gasteiger charge is -2.15. The minimum absolute atomic E-state index is 0.0190. The Hall–Kier alpha value is -1.59. The van der Waals surface area contributed by atoms with E-state index in [1.54, 1.807) is 0 Å². The van der Waals surface area contributed by atoms with Gasteiger partial charge in [0.05, 0.1) is 17.1 Å². The van der Waals surface area contributed by atoms with Gasteiger partial charge < -0.3 is 5.11 Å². The zero-order chi connectivity index (χ0) is 20.4. The van der Waals surface area contributed by atoms with Gasteiger partial charge in [0.25, 0.3) is 11.8 Å². The number of imide groups is 1. The van der Waals surface area contributed by atoms with Crippen LogP contribution < -0.4 is 0 Å². The Morgan fingerprint density at radius 3 is 2.11 bits per heavy atom. The number of carbonyl (C=O) groups excluding carboxylic acids is 2. The summed E-state index contributed by atoms with van der Waals surface area (Å²) >= 11 is 1.28. The molecule has 154 valence electrons. The first-order chi connectivity index (χ1) is 13.6. The molecule has 2 rings (SSSR count). The molecule has 0 saturated carbocycles. The lowest BCUT2D eigenvalue weighted by atomic mass is 10.0. The lowest BCUT2D eigenvalue weighted by Crippen LogP contribution is -2.32. The SMILES string of the molecule is CCCCCCCCCCN1C(=O)C(SCCO)=C(c2ccc(C)cc2)C1=O. The van der Waals surface area contributed by atoms with Crippen molar-refractivity contribution in [3.8, 4) is 0 Å². The predicted octanol–water partition coefficient (Wildman–Crippen LogP) is 4.94. The van der Waals surface area contributed by atoms with Crippen LogP contribution in [0.5, 0.6) is 0 Å². The van der Waals surface area contributed by atoms with E-state index in [2.05, 4.69) is 6.92 Å². The Morgan fingerprint density at radius 1 is 0.893 bits per heavy atom. The number of aliphatic hydroxyl groups excluding tert-OH is 1. The van der Waals surface area contributed by atoms with Crippen LogP contribution in [0, 0.1) is 6.92 Å². The number of thioether (sulfide) groups is 1. The minimum Gasteiger partial charge on any atom is -0.396 e. The quantitative estimate of drug-likeness (QED) is 0.374. The summed E-state index contributed by atoms with van der Waals surface area (Å²) in [5, 5.41) is 9.16. The standard InChI is InChI=1S/C23H33NO3S/c1-3-4-5-6-7-8-9-10-15-24-22(26)20(19-13-11-18(2)12-14-19)21(23(24)27)28-17-16-25/h11-14,25H,3-10,15-17H2,1-2H3. The maximum absolute atomic E-state index is 13.0. The van der Waals surface area contributed by atoms with E-state index in [4.69, 9.17) is 5.11 Å². The van der Waals surface area contributed by atoms with Crippen molar-refractivity contribution >= 4 is 29.1 Å². The maximum Gasteiger partial charge on any atom is 0.267 e. The highest BCUT2D eigenvalue weighted by Gasteiger charge is 2.38. The van der Waals surface area contributed by atoms with Gasteiger partial charge in [-0.3, -0.25) is 14.5 Å². The van der Waals surface area contributed by atoms with E-state index in [1.165, 1.54) is 48.8 Å². The zero-order valence-electron chi connectivity index (χ0n) is 17.2. The van der Waals surface area contributed by atoms with Crippen molar-refractivity contribution in [1.29, 1.82) is 0 Å². The molecule has 0 aromatic heterocycles. The van der Waals surface area contributed by atoms with Gasteiger partial charge in [0.15, 0.2) is 0 Å². The van der Waals surface area contributed by atoms with Crippen molar-refractivity contribution < 1.29 is 14.7 Å². The maximum atomic E-state index is 13.0. The molecule has 0 fully saturated rings. The van der Waals surface area contributed by atoms with Crippen molar-refractivity contribution in [2.24, 2.45) is 0 Å². The van der Waals surface area contributed by atoms with E-state index in [0.717, 1.165) is 30.4 Å². The summed E-state index contributed by atoms with van der Waals surface area (Å²) in [5.41, 5.74) is 2.38. The summed E-state index contributed by atoms with van der Waals surface area (Å²) in [4.78, 5) is 27.7. The number of hydrogen-bond acceptors (Lipinski definition) is 4. The Bertz CT molecular complexity index is 682. The number of aliphatic hydroxyl groups is 1. The van der Waals surface area contributed by atoms with Gasteiger partial charge in [0, 0.05) is 12.3 Å². The summed E-state index contributed by atoms with van der Waals surface area (Å²) in [5.74, 6) is 0.00851. The molecule has 0 spiro atoms. The molecule has 0 unspecified atom stereocenters. The topological polar surface area (TPSA) is 57.6 Å². The van der Waals surface area contributed by atoms with Crippen LogP contribution in [0.1, 0.15) is 69.4 Å². The van der Waals surface area contributed by atoms with Crippen molar-refractivity contribution in [1.82, 2.24) is 4.90 Å². The molecule has 1 aromatic rings. The fourth-order valence-corrected chi connectivity index (χ4v) is 4.30. The molecule has 4 nitrogen and oxygen atoms in total. The Kier molecular flexibility index (Phi) is 9.79. The highest BCUT2D eigenvalue weighted by Crippen LogP contribution is 2.36. The van der Waals surface area contributed by atoms with Crippen LogP contribution in [0.4, 0.5) is 0 Å². The molecule has 1 N–H and O–H groups in total. The minimum atomic E-state index is -0.207. The smallest absolute Gasteiger partial charge is 0.267 e. The molecule has 0 bridgehead atoms. The Labute approximate surface area is 173 Å². The third-order valence-electron chi connectivity index (χ3n) is 5.04. The summed E-state index contributed by atoms with van der Waals surface area (Å²) in [6, 6.07) is 7.70. The van der Waals surface area contributed by atoms with Gasteiger partial charge in [-0.15, -0.1) is 11.8 Å².